The van der Waals surface area contributed by atoms with Crippen LogP contribution in [0.25, 0.3) is 0 Å². The highest BCUT2D eigenvalue weighted by Gasteiger charge is 2.22. The number of hydrogen-bond donors (Lipinski definition) is 2. The van der Waals surface area contributed by atoms with Crippen molar-refractivity contribution in [3.63, 3.8) is 0 Å². The average molecular weight is 472 g/mol. The summed E-state index contributed by atoms with van der Waals surface area (Å²) in [7, 11) is -2.48. The minimum absolute atomic E-state index is 0.0233. The van der Waals surface area contributed by atoms with Gasteiger partial charge in [0.15, 0.2) is 0 Å². The molecule has 0 unspecified atom stereocenters. The first-order valence-electron chi connectivity index (χ1n) is 9.62. The fourth-order valence-electron chi connectivity index (χ4n) is 3.04. The van der Waals surface area contributed by atoms with Gasteiger partial charge in [0, 0.05) is 35.9 Å². The highest BCUT2D eigenvalue weighted by atomic mass is 35.5. The van der Waals surface area contributed by atoms with Gasteiger partial charge in [-0.1, -0.05) is 23.7 Å². The molecule has 0 atom stereocenters. The van der Waals surface area contributed by atoms with E-state index >= 15 is 0 Å². The van der Waals surface area contributed by atoms with E-state index in [2.05, 4.69) is 10.6 Å². The smallest absolute Gasteiger partial charge is 0.264 e. The number of hydrogen-bond acceptors (Lipinski definition) is 4. The Balaban J connectivity index is 1.83. The molecule has 0 bridgehead atoms. The quantitative estimate of drug-likeness (QED) is 0.545. The van der Waals surface area contributed by atoms with Crippen LogP contribution in [-0.2, 0) is 14.8 Å². The van der Waals surface area contributed by atoms with E-state index in [1.54, 1.807) is 49.4 Å². The second kappa shape index (κ2) is 9.42. The van der Waals surface area contributed by atoms with Crippen LogP contribution in [0.1, 0.15) is 22.8 Å². The maximum Gasteiger partial charge on any atom is 0.264 e. The van der Waals surface area contributed by atoms with E-state index in [9.17, 15) is 18.0 Å². The number of anilines is 3. The summed E-state index contributed by atoms with van der Waals surface area (Å²) in [5.74, 6) is -0.648. The molecule has 0 aliphatic heterocycles. The van der Waals surface area contributed by atoms with E-state index in [-0.39, 0.29) is 16.4 Å². The van der Waals surface area contributed by atoms with Crippen LogP contribution >= 0.6 is 11.6 Å². The summed E-state index contributed by atoms with van der Waals surface area (Å²) in [6.45, 7) is 3.22. The maximum absolute atomic E-state index is 13.1. The van der Waals surface area contributed by atoms with Crippen molar-refractivity contribution in [3.05, 3.63) is 82.9 Å². The predicted octanol–water partition coefficient (Wildman–Crippen LogP) is 4.68. The van der Waals surface area contributed by atoms with Crippen LogP contribution < -0.4 is 14.9 Å². The highest BCUT2D eigenvalue weighted by Crippen LogP contribution is 2.25. The second-order valence-corrected chi connectivity index (χ2v) is 9.55. The molecular weight excluding hydrogens is 450 g/mol. The number of benzene rings is 3. The number of nitrogens with zero attached hydrogens (tertiary/aromatic N) is 1. The molecule has 3 rings (SSSR count). The first-order chi connectivity index (χ1) is 15.1. The van der Waals surface area contributed by atoms with E-state index in [0.717, 1.165) is 9.87 Å². The normalized spacial score (nSPS) is 11.0. The van der Waals surface area contributed by atoms with E-state index in [1.165, 1.54) is 38.2 Å². The molecule has 0 aromatic heterocycles. The van der Waals surface area contributed by atoms with Crippen LogP contribution in [-0.4, -0.2) is 27.3 Å². The van der Waals surface area contributed by atoms with Crippen LogP contribution in [0, 0.1) is 6.92 Å². The van der Waals surface area contributed by atoms with Crippen LogP contribution in [0.3, 0.4) is 0 Å². The molecule has 2 amide bonds. The molecule has 7 nitrogen and oxygen atoms in total. The summed E-state index contributed by atoms with van der Waals surface area (Å²) in [6.07, 6.45) is 0. The van der Waals surface area contributed by atoms with E-state index in [4.69, 9.17) is 11.6 Å². The Kier molecular flexibility index (Phi) is 6.86. The Labute approximate surface area is 192 Å². The zero-order valence-corrected chi connectivity index (χ0v) is 19.3. The topological polar surface area (TPSA) is 95.6 Å². The Hall–Kier alpha value is -3.36. The van der Waals surface area contributed by atoms with Crippen LogP contribution in [0.2, 0.25) is 5.02 Å². The molecule has 9 heteroatoms. The Morgan fingerprint density at radius 2 is 1.66 bits per heavy atom. The molecule has 0 fully saturated rings. The summed E-state index contributed by atoms with van der Waals surface area (Å²) in [6, 6.07) is 17.4. The van der Waals surface area contributed by atoms with Crippen molar-refractivity contribution in [3.8, 4) is 0 Å². The number of aryl methyl sites for hydroxylation is 1. The monoisotopic (exact) mass is 471 g/mol. The van der Waals surface area contributed by atoms with Gasteiger partial charge in [-0.2, -0.15) is 0 Å². The predicted molar refractivity (Wildman–Crippen MR) is 127 cm³/mol. The second-order valence-electron chi connectivity index (χ2n) is 7.15. The first kappa shape index (κ1) is 23.3. The van der Waals surface area contributed by atoms with Crippen molar-refractivity contribution in [2.45, 2.75) is 18.7 Å². The highest BCUT2D eigenvalue weighted by molar-refractivity contribution is 7.92. The largest absolute Gasteiger partial charge is 0.326 e. The molecule has 0 aliphatic rings. The fourth-order valence-corrected chi connectivity index (χ4v) is 4.46. The van der Waals surface area contributed by atoms with E-state index in [1.807, 2.05) is 0 Å². The lowest BCUT2D eigenvalue weighted by atomic mass is 10.1. The molecule has 2 N–H and O–H groups in total. The van der Waals surface area contributed by atoms with Crippen molar-refractivity contribution in [1.82, 2.24) is 0 Å². The van der Waals surface area contributed by atoms with Gasteiger partial charge in [-0.15, -0.1) is 0 Å². The average Bonchev–Trinajstić information content (AvgIpc) is 2.75. The summed E-state index contributed by atoms with van der Waals surface area (Å²) in [5, 5.41) is 5.87. The van der Waals surface area contributed by atoms with Crippen molar-refractivity contribution < 1.29 is 18.0 Å². The number of rotatable bonds is 6. The number of sulfonamides is 1. The van der Waals surface area contributed by atoms with Gasteiger partial charge in [0.1, 0.15) is 0 Å². The molecule has 0 saturated heterocycles. The maximum atomic E-state index is 13.1. The lowest BCUT2D eigenvalue weighted by Crippen LogP contribution is -2.26. The third-order valence-electron chi connectivity index (χ3n) is 4.72. The molecule has 166 valence electrons. The molecule has 0 radical (unpaired) electrons. The Morgan fingerprint density at radius 1 is 0.938 bits per heavy atom. The molecule has 0 spiro atoms. The number of nitrogens with one attached hydrogen (secondary N) is 2. The van der Waals surface area contributed by atoms with Crippen molar-refractivity contribution in [1.29, 1.82) is 0 Å². The minimum Gasteiger partial charge on any atom is -0.326 e. The Bertz CT molecular complexity index is 1290. The number of carbonyl (C=O) groups excluding carboxylic acids is 2. The number of carbonyl (C=O) groups is 2. The zero-order valence-electron chi connectivity index (χ0n) is 17.7. The SMILES string of the molecule is CC(=O)Nc1ccc(NC(=O)c2cccc(S(=O)(=O)N(C)c3cccc(Cl)c3)c2)cc1C. The van der Waals surface area contributed by atoms with Gasteiger partial charge >= 0.3 is 0 Å². The third-order valence-corrected chi connectivity index (χ3v) is 6.74. The molecule has 0 aliphatic carbocycles. The van der Waals surface area contributed by atoms with Crippen molar-refractivity contribution in [2.24, 2.45) is 0 Å². The summed E-state index contributed by atoms with van der Waals surface area (Å²) >= 11 is 5.98. The van der Waals surface area contributed by atoms with Crippen LogP contribution in [0.4, 0.5) is 17.1 Å². The summed E-state index contributed by atoms with van der Waals surface area (Å²) < 4.78 is 27.2. The van der Waals surface area contributed by atoms with Gasteiger partial charge in [0.25, 0.3) is 15.9 Å². The van der Waals surface area contributed by atoms with Gasteiger partial charge in [0.05, 0.1) is 10.6 Å². The molecule has 3 aromatic rings. The first-order valence-corrected chi connectivity index (χ1v) is 11.4. The number of halogens is 1. The molecule has 0 heterocycles. The molecule has 32 heavy (non-hydrogen) atoms. The third kappa shape index (κ3) is 5.27. The minimum atomic E-state index is -3.91. The van der Waals surface area contributed by atoms with Gasteiger partial charge in [-0.3, -0.25) is 13.9 Å². The van der Waals surface area contributed by atoms with Crippen LogP contribution in [0.5, 0.6) is 0 Å². The van der Waals surface area contributed by atoms with Crippen LogP contribution in [0.15, 0.2) is 71.6 Å². The van der Waals surface area contributed by atoms with Gasteiger partial charge in [-0.05, 0) is 67.1 Å². The van der Waals surface area contributed by atoms with E-state index in [0.29, 0.717) is 22.1 Å². The zero-order chi connectivity index (χ0) is 23.5. The van der Waals surface area contributed by atoms with E-state index < -0.39 is 15.9 Å². The lowest BCUT2D eigenvalue weighted by Gasteiger charge is -2.20. The fraction of sp³-hybridized carbons (Fsp3) is 0.130. The number of amides is 2. The van der Waals surface area contributed by atoms with Crippen molar-refractivity contribution in [2.75, 3.05) is 22.0 Å². The summed E-state index contributed by atoms with van der Waals surface area (Å²) in [5.41, 5.74) is 2.53. The van der Waals surface area contributed by atoms with Gasteiger partial charge < -0.3 is 10.6 Å². The Morgan fingerprint density at radius 3 is 2.31 bits per heavy atom. The molecule has 3 aromatic carbocycles. The molecular formula is C23H22ClN3O4S. The lowest BCUT2D eigenvalue weighted by molar-refractivity contribution is -0.114. The van der Waals surface area contributed by atoms with Crippen molar-refractivity contribution >= 4 is 50.5 Å². The van der Waals surface area contributed by atoms with Gasteiger partial charge in [-0.25, -0.2) is 8.42 Å². The standard InChI is InChI=1S/C23H22ClN3O4S/c1-15-12-19(10-11-22(15)25-16(2)28)26-23(29)17-6-4-9-21(13-17)32(30,31)27(3)20-8-5-7-18(24)14-20/h4-14H,1-3H3,(H,25,28)(H,26,29). The summed E-state index contributed by atoms with van der Waals surface area (Å²) in [4.78, 5) is 24.0. The molecule has 0 saturated carbocycles. The van der Waals surface area contributed by atoms with Gasteiger partial charge in [0.2, 0.25) is 5.91 Å².